The summed E-state index contributed by atoms with van der Waals surface area (Å²) in [6.45, 7) is 2.75. The first kappa shape index (κ1) is 21.0. The smallest absolute Gasteiger partial charge is 0.293 e. The minimum atomic E-state index is -0.545. The molecule has 10 heteroatoms. The van der Waals surface area contributed by atoms with Crippen LogP contribution in [-0.4, -0.2) is 66.4 Å². The molecule has 30 heavy (non-hydrogen) atoms. The predicted octanol–water partition coefficient (Wildman–Crippen LogP) is 1.50. The Balaban J connectivity index is 1.49. The molecule has 0 aliphatic carbocycles. The summed E-state index contributed by atoms with van der Waals surface area (Å²) in [5.74, 6) is 0.397. The molecule has 1 aromatic heterocycles. The number of nitrogens with zero attached hydrogens (tertiary/aromatic N) is 4. The number of pyridine rings is 1. The zero-order valence-electron chi connectivity index (χ0n) is 16.7. The van der Waals surface area contributed by atoms with Crippen LogP contribution in [0.1, 0.15) is 16.8 Å². The number of para-hydroxylation sites is 1. The molecule has 0 radical (unpaired) electrons. The van der Waals surface area contributed by atoms with Crippen molar-refractivity contribution in [2.75, 3.05) is 50.0 Å². The van der Waals surface area contributed by atoms with E-state index in [-0.39, 0.29) is 35.8 Å². The fourth-order valence-corrected chi connectivity index (χ4v) is 3.41. The van der Waals surface area contributed by atoms with E-state index in [4.69, 9.17) is 0 Å². The minimum absolute atomic E-state index is 0.0381. The lowest BCUT2D eigenvalue weighted by atomic mass is 10.1. The van der Waals surface area contributed by atoms with E-state index in [0.29, 0.717) is 26.2 Å². The van der Waals surface area contributed by atoms with Crippen molar-refractivity contribution in [1.29, 1.82) is 0 Å². The number of nitro groups is 1. The van der Waals surface area contributed by atoms with Gasteiger partial charge in [0.25, 0.3) is 11.6 Å². The quantitative estimate of drug-likeness (QED) is 0.522. The van der Waals surface area contributed by atoms with Crippen LogP contribution in [0.25, 0.3) is 0 Å². The van der Waals surface area contributed by atoms with Crippen molar-refractivity contribution in [2.24, 2.45) is 0 Å². The topological polar surface area (TPSA) is 121 Å². The van der Waals surface area contributed by atoms with E-state index < -0.39 is 10.8 Å². The number of carbonyl (C=O) groups is 2. The molecule has 1 fully saturated rings. The highest BCUT2D eigenvalue weighted by atomic mass is 16.6. The van der Waals surface area contributed by atoms with E-state index in [2.05, 4.69) is 20.5 Å². The van der Waals surface area contributed by atoms with E-state index in [1.54, 1.807) is 11.1 Å². The van der Waals surface area contributed by atoms with Crippen molar-refractivity contribution in [1.82, 2.24) is 15.2 Å². The largest absolute Gasteiger partial charge is 0.382 e. The van der Waals surface area contributed by atoms with Gasteiger partial charge in [-0.25, -0.2) is 4.98 Å². The molecule has 158 valence electrons. The molecule has 3 rings (SSSR count). The lowest BCUT2D eigenvalue weighted by molar-refractivity contribution is -0.384. The summed E-state index contributed by atoms with van der Waals surface area (Å²) in [5, 5.41) is 16.5. The van der Waals surface area contributed by atoms with Crippen LogP contribution in [0.15, 0.2) is 42.6 Å². The summed E-state index contributed by atoms with van der Waals surface area (Å²) in [6, 6.07) is 10.0. The van der Waals surface area contributed by atoms with Crippen molar-refractivity contribution in [3.63, 3.8) is 0 Å². The first-order chi connectivity index (χ1) is 14.5. The van der Waals surface area contributed by atoms with Crippen LogP contribution in [0.3, 0.4) is 0 Å². The number of nitro benzene ring substituents is 1. The number of carbonyl (C=O) groups excluding carboxylic acids is 2. The van der Waals surface area contributed by atoms with Crippen molar-refractivity contribution in [2.45, 2.75) is 6.42 Å². The van der Waals surface area contributed by atoms with Crippen LogP contribution in [-0.2, 0) is 4.79 Å². The molecule has 0 unspecified atom stereocenters. The van der Waals surface area contributed by atoms with Gasteiger partial charge < -0.3 is 20.4 Å². The summed E-state index contributed by atoms with van der Waals surface area (Å²) in [7, 11) is 1.52. The molecule has 2 heterocycles. The SMILES string of the molecule is CNc1c(C(=O)NCCC(=O)N2CCN(c3ccccn3)CC2)cccc1[N+](=O)[O-]. The minimum Gasteiger partial charge on any atom is -0.382 e. The van der Waals surface area contributed by atoms with Crippen molar-refractivity contribution < 1.29 is 14.5 Å². The molecule has 0 spiro atoms. The Morgan fingerprint density at radius 1 is 1.13 bits per heavy atom. The Morgan fingerprint density at radius 3 is 2.53 bits per heavy atom. The second kappa shape index (κ2) is 9.68. The lowest BCUT2D eigenvalue weighted by Crippen LogP contribution is -2.49. The fraction of sp³-hybridized carbons (Fsp3) is 0.350. The molecule has 1 aliphatic rings. The first-order valence-electron chi connectivity index (χ1n) is 9.68. The summed E-state index contributed by atoms with van der Waals surface area (Å²) < 4.78 is 0. The summed E-state index contributed by atoms with van der Waals surface area (Å²) in [6.07, 6.45) is 1.91. The standard InChI is InChI=1S/C20H24N6O4/c1-21-19-15(5-4-6-16(19)26(29)30)20(28)23-10-8-18(27)25-13-11-24(12-14-25)17-7-2-3-9-22-17/h2-7,9,21H,8,10-14H2,1H3,(H,23,28). The maximum Gasteiger partial charge on any atom is 0.293 e. The Kier molecular flexibility index (Phi) is 6.79. The highest BCUT2D eigenvalue weighted by Gasteiger charge is 2.23. The number of benzene rings is 1. The van der Waals surface area contributed by atoms with E-state index in [0.717, 1.165) is 5.82 Å². The van der Waals surface area contributed by atoms with Crippen LogP contribution in [0.5, 0.6) is 0 Å². The highest BCUT2D eigenvalue weighted by molar-refractivity contribution is 6.01. The molecule has 0 bridgehead atoms. The number of anilines is 2. The molecule has 10 nitrogen and oxygen atoms in total. The van der Waals surface area contributed by atoms with E-state index in [9.17, 15) is 19.7 Å². The molecule has 2 amide bonds. The molecule has 0 saturated carbocycles. The maximum absolute atomic E-state index is 12.5. The van der Waals surface area contributed by atoms with Gasteiger partial charge in [0.15, 0.2) is 0 Å². The molecule has 0 atom stereocenters. The maximum atomic E-state index is 12.5. The summed E-state index contributed by atoms with van der Waals surface area (Å²) >= 11 is 0. The monoisotopic (exact) mass is 412 g/mol. The molecule has 2 N–H and O–H groups in total. The molecule has 2 aromatic rings. The zero-order chi connectivity index (χ0) is 21.5. The van der Waals surface area contributed by atoms with Gasteiger partial charge in [0, 0.05) is 58.5 Å². The summed E-state index contributed by atoms with van der Waals surface area (Å²) in [4.78, 5) is 43.7. The Hall–Kier alpha value is -3.69. The van der Waals surface area contributed by atoms with Gasteiger partial charge in [0.05, 0.1) is 10.5 Å². The number of aromatic nitrogens is 1. The number of piperazine rings is 1. The van der Waals surface area contributed by atoms with E-state index >= 15 is 0 Å². The molecular weight excluding hydrogens is 388 g/mol. The van der Waals surface area contributed by atoms with Crippen LogP contribution >= 0.6 is 0 Å². The zero-order valence-corrected chi connectivity index (χ0v) is 16.7. The molecule has 1 saturated heterocycles. The number of nitrogens with one attached hydrogen (secondary N) is 2. The van der Waals surface area contributed by atoms with Crippen molar-refractivity contribution >= 4 is 29.0 Å². The van der Waals surface area contributed by atoms with Crippen LogP contribution in [0.2, 0.25) is 0 Å². The van der Waals surface area contributed by atoms with Gasteiger partial charge in [-0.3, -0.25) is 19.7 Å². The van der Waals surface area contributed by atoms with Crippen molar-refractivity contribution in [3.8, 4) is 0 Å². The second-order valence-corrected chi connectivity index (χ2v) is 6.77. The Morgan fingerprint density at radius 2 is 1.90 bits per heavy atom. The number of amides is 2. The normalized spacial score (nSPS) is 13.6. The number of hydrogen-bond acceptors (Lipinski definition) is 7. The molecule has 1 aliphatic heterocycles. The van der Waals surface area contributed by atoms with E-state index in [1.165, 1.54) is 25.2 Å². The highest BCUT2D eigenvalue weighted by Crippen LogP contribution is 2.27. The van der Waals surface area contributed by atoms with Gasteiger partial charge >= 0.3 is 0 Å². The number of rotatable bonds is 7. The lowest BCUT2D eigenvalue weighted by Gasteiger charge is -2.35. The average Bonchev–Trinajstić information content (AvgIpc) is 2.78. The van der Waals surface area contributed by atoms with Gasteiger partial charge in [-0.15, -0.1) is 0 Å². The first-order valence-corrected chi connectivity index (χ1v) is 9.68. The average molecular weight is 412 g/mol. The fourth-order valence-electron chi connectivity index (χ4n) is 3.41. The van der Waals surface area contributed by atoms with Gasteiger partial charge in [-0.2, -0.15) is 0 Å². The van der Waals surface area contributed by atoms with Crippen LogP contribution < -0.4 is 15.5 Å². The second-order valence-electron chi connectivity index (χ2n) is 6.77. The third kappa shape index (κ3) is 4.83. The van der Waals surface area contributed by atoms with Gasteiger partial charge in [-0.1, -0.05) is 12.1 Å². The van der Waals surface area contributed by atoms with Gasteiger partial charge in [0.1, 0.15) is 11.5 Å². The van der Waals surface area contributed by atoms with Gasteiger partial charge in [-0.05, 0) is 18.2 Å². The molecular formula is C20H24N6O4. The van der Waals surface area contributed by atoms with Crippen molar-refractivity contribution in [3.05, 3.63) is 58.3 Å². The molecule has 1 aromatic carbocycles. The number of hydrogen-bond donors (Lipinski definition) is 2. The Labute approximate surface area is 174 Å². The Bertz CT molecular complexity index is 913. The third-order valence-electron chi connectivity index (χ3n) is 4.96. The van der Waals surface area contributed by atoms with E-state index in [1.807, 2.05) is 18.2 Å². The van der Waals surface area contributed by atoms with Crippen LogP contribution in [0, 0.1) is 10.1 Å². The van der Waals surface area contributed by atoms with Crippen LogP contribution in [0.4, 0.5) is 17.2 Å². The third-order valence-corrected chi connectivity index (χ3v) is 4.96. The summed E-state index contributed by atoms with van der Waals surface area (Å²) in [5.41, 5.74) is 0.145. The van der Waals surface area contributed by atoms with Gasteiger partial charge in [0.2, 0.25) is 5.91 Å². The predicted molar refractivity (Wildman–Crippen MR) is 113 cm³/mol.